The van der Waals surface area contributed by atoms with Gasteiger partial charge in [0.25, 0.3) is 0 Å². The second-order valence-electron chi connectivity index (χ2n) is 5.37. The second kappa shape index (κ2) is 7.71. The van der Waals surface area contributed by atoms with Gasteiger partial charge in [0.05, 0.1) is 23.1 Å². The van der Waals surface area contributed by atoms with Gasteiger partial charge in [-0.15, -0.1) is 13.2 Å². The van der Waals surface area contributed by atoms with Gasteiger partial charge in [-0.3, -0.25) is 0 Å². The lowest BCUT2D eigenvalue weighted by Gasteiger charge is -2.12. The summed E-state index contributed by atoms with van der Waals surface area (Å²) in [5.41, 5.74) is 6.56. The van der Waals surface area contributed by atoms with Crippen molar-refractivity contribution >= 4 is 17.2 Å². The van der Waals surface area contributed by atoms with Gasteiger partial charge < -0.3 is 20.5 Å². The minimum atomic E-state index is -4.93. The number of nitrogens with zero attached hydrogens (tertiary/aromatic N) is 3. The molecule has 0 aliphatic rings. The van der Waals surface area contributed by atoms with Crippen LogP contribution in [0.1, 0.15) is 5.56 Å². The number of benzene rings is 1. The minimum Gasteiger partial charge on any atom is -0.439 e. The molecular weight excluding hydrogens is 375 g/mol. The molecule has 3 rings (SSSR count). The Morgan fingerprint density at radius 2 is 1.93 bits per heavy atom. The number of nitriles is 1. The Morgan fingerprint density at radius 3 is 2.57 bits per heavy atom. The molecule has 28 heavy (non-hydrogen) atoms. The summed E-state index contributed by atoms with van der Waals surface area (Å²) in [4.78, 5) is 8.16. The molecule has 2 aromatic heterocycles. The number of nitrogens with two attached hydrogens (primary N) is 1. The van der Waals surface area contributed by atoms with Crippen molar-refractivity contribution in [3.05, 3.63) is 60.4 Å². The molecule has 0 amide bonds. The number of aromatic nitrogens is 2. The third kappa shape index (κ3) is 4.79. The Kier molecular flexibility index (Phi) is 5.17. The maximum Gasteiger partial charge on any atom is 0.573 e. The van der Waals surface area contributed by atoms with Crippen molar-refractivity contribution in [3.8, 4) is 23.4 Å². The average molecular weight is 387 g/mol. The molecule has 0 saturated carbocycles. The van der Waals surface area contributed by atoms with Crippen LogP contribution in [-0.2, 0) is 0 Å². The molecule has 0 aliphatic carbocycles. The van der Waals surface area contributed by atoms with E-state index in [0.717, 1.165) is 12.1 Å². The Balaban J connectivity index is 1.74. The van der Waals surface area contributed by atoms with Gasteiger partial charge in [0.2, 0.25) is 5.88 Å². The number of alkyl halides is 3. The van der Waals surface area contributed by atoms with Crippen LogP contribution in [0.4, 0.5) is 30.4 Å². The van der Waals surface area contributed by atoms with Gasteiger partial charge >= 0.3 is 6.36 Å². The molecule has 0 radical (unpaired) electrons. The number of nitrogens with one attached hydrogen (secondary N) is 1. The van der Waals surface area contributed by atoms with Crippen LogP contribution in [0.25, 0.3) is 0 Å². The molecule has 7 nitrogen and oxygen atoms in total. The second-order valence-corrected chi connectivity index (χ2v) is 5.37. The smallest absolute Gasteiger partial charge is 0.439 e. The Labute approximate surface area is 157 Å². The Bertz CT molecular complexity index is 1020. The van der Waals surface area contributed by atoms with E-state index in [0.29, 0.717) is 17.2 Å². The summed E-state index contributed by atoms with van der Waals surface area (Å²) in [6, 6.07) is 11.6. The van der Waals surface area contributed by atoms with E-state index in [2.05, 4.69) is 20.0 Å². The van der Waals surface area contributed by atoms with Crippen LogP contribution in [0, 0.1) is 11.3 Å². The summed E-state index contributed by atoms with van der Waals surface area (Å²) in [5, 5.41) is 11.9. The first-order chi connectivity index (χ1) is 13.3. The van der Waals surface area contributed by atoms with Crippen LogP contribution < -0.4 is 20.5 Å². The number of rotatable bonds is 5. The molecule has 2 heterocycles. The van der Waals surface area contributed by atoms with E-state index in [1.54, 1.807) is 30.5 Å². The minimum absolute atomic E-state index is 0.0282. The Hall–Kier alpha value is -4.00. The van der Waals surface area contributed by atoms with E-state index in [1.807, 2.05) is 0 Å². The lowest BCUT2D eigenvalue weighted by atomic mass is 10.2. The zero-order chi connectivity index (χ0) is 20.1. The number of nitrogen functional groups attached to an aromatic ring is 1. The lowest BCUT2D eigenvalue weighted by molar-refractivity contribution is -0.274. The summed E-state index contributed by atoms with van der Waals surface area (Å²) in [6.45, 7) is 0. The zero-order valence-electron chi connectivity index (χ0n) is 14.1. The normalized spacial score (nSPS) is 10.8. The highest BCUT2D eigenvalue weighted by Crippen LogP contribution is 2.31. The third-order valence-electron chi connectivity index (χ3n) is 3.36. The SMILES string of the molecule is N#Cc1ccc(Oc2ccc(Nc3ncccc3N)cn2)cc1OC(F)(F)F. The first kappa shape index (κ1) is 18.8. The number of hydrogen-bond acceptors (Lipinski definition) is 7. The fourth-order valence-electron chi connectivity index (χ4n) is 2.16. The lowest BCUT2D eigenvalue weighted by Crippen LogP contribution is -2.17. The van der Waals surface area contributed by atoms with Crippen molar-refractivity contribution in [1.82, 2.24) is 9.97 Å². The highest BCUT2D eigenvalue weighted by molar-refractivity contribution is 5.67. The highest BCUT2D eigenvalue weighted by Gasteiger charge is 2.32. The summed E-state index contributed by atoms with van der Waals surface area (Å²) in [6.07, 6.45) is -1.90. The van der Waals surface area contributed by atoms with E-state index in [9.17, 15) is 13.2 Å². The van der Waals surface area contributed by atoms with Crippen LogP contribution in [0.15, 0.2) is 54.9 Å². The molecule has 10 heteroatoms. The van der Waals surface area contributed by atoms with Crippen LogP contribution in [0.5, 0.6) is 17.4 Å². The number of pyridine rings is 2. The number of anilines is 3. The van der Waals surface area contributed by atoms with Crippen molar-refractivity contribution in [2.24, 2.45) is 0 Å². The van der Waals surface area contributed by atoms with Gasteiger partial charge in [0.1, 0.15) is 11.8 Å². The van der Waals surface area contributed by atoms with E-state index in [-0.39, 0.29) is 17.2 Å². The summed E-state index contributed by atoms with van der Waals surface area (Å²) < 4.78 is 46.7. The maximum absolute atomic E-state index is 12.5. The van der Waals surface area contributed by atoms with E-state index < -0.39 is 12.1 Å². The van der Waals surface area contributed by atoms with E-state index >= 15 is 0 Å². The number of hydrogen-bond donors (Lipinski definition) is 2. The summed E-state index contributed by atoms with van der Waals surface area (Å²) in [5.74, 6) is -0.0435. The van der Waals surface area contributed by atoms with Crippen molar-refractivity contribution in [3.63, 3.8) is 0 Å². The summed E-state index contributed by atoms with van der Waals surface area (Å²) in [7, 11) is 0. The first-order valence-corrected chi connectivity index (χ1v) is 7.75. The number of halogens is 3. The fraction of sp³-hybridized carbons (Fsp3) is 0.0556. The van der Waals surface area contributed by atoms with Crippen molar-refractivity contribution < 1.29 is 22.6 Å². The van der Waals surface area contributed by atoms with Gasteiger partial charge in [0.15, 0.2) is 11.6 Å². The average Bonchev–Trinajstić information content (AvgIpc) is 2.64. The molecule has 0 saturated heterocycles. The first-order valence-electron chi connectivity index (χ1n) is 7.75. The van der Waals surface area contributed by atoms with Gasteiger partial charge in [0, 0.05) is 18.3 Å². The van der Waals surface area contributed by atoms with Gasteiger partial charge in [-0.1, -0.05) is 0 Å². The van der Waals surface area contributed by atoms with Crippen molar-refractivity contribution in [2.45, 2.75) is 6.36 Å². The number of ether oxygens (including phenoxy) is 2. The molecule has 1 aromatic carbocycles. The van der Waals surface area contributed by atoms with E-state index in [4.69, 9.17) is 15.7 Å². The maximum atomic E-state index is 12.5. The molecule has 0 spiro atoms. The molecule has 0 aliphatic heterocycles. The third-order valence-corrected chi connectivity index (χ3v) is 3.36. The van der Waals surface area contributed by atoms with Crippen LogP contribution >= 0.6 is 0 Å². The monoisotopic (exact) mass is 387 g/mol. The van der Waals surface area contributed by atoms with Crippen molar-refractivity contribution in [1.29, 1.82) is 5.26 Å². The largest absolute Gasteiger partial charge is 0.573 e. The molecule has 142 valence electrons. The molecule has 3 aromatic rings. The van der Waals surface area contributed by atoms with Gasteiger partial charge in [-0.05, 0) is 30.3 Å². The molecule has 3 N–H and O–H groups in total. The predicted molar refractivity (Wildman–Crippen MR) is 94.1 cm³/mol. The standard InChI is InChI=1S/C18H12F3N5O2/c19-18(20,21)28-15-8-13(5-3-11(15)9-22)27-16-6-4-12(10-25-16)26-17-14(23)2-1-7-24-17/h1-8,10H,23H2,(H,24,26). The van der Waals surface area contributed by atoms with Crippen LogP contribution in [0.3, 0.4) is 0 Å². The van der Waals surface area contributed by atoms with Crippen molar-refractivity contribution in [2.75, 3.05) is 11.1 Å². The zero-order valence-corrected chi connectivity index (χ0v) is 14.1. The topological polar surface area (TPSA) is 106 Å². The van der Waals surface area contributed by atoms with Crippen LogP contribution in [-0.4, -0.2) is 16.3 Å². The Morgan fingerprint density at radius 1 is 1.11 bits per heavy atom. The van der Waals surface area contributed by atoms with Gasteiger partial charge in [-0.25, -0.2) is 9.97 Å². The van der Waals surface area contributed by atoms with Crippen LogP contribution in [0.2, 0.25) is 0 Å². The summed E-state index contributed by atoms with van der Waals surface area (Å²) >= 11 is 0. The fourth-order valence-corrected chi connectivity index (χ4v) is 2.16. The predicted octanol–water partition coefficient (Wildman–Crippen LogP) is 4.36. The van der Waals surface area contributed by atoms with Gasteiger partial charge in [-0.2, -0.15) is 5.26 Å². The molecule has 0 unspecified atom stereocenters. The molecule has 0 bridgehead atoms. The van der Waals surface area contributed by atoms with E-state index in [1.165, 1.54) is 18.3 Å². The molecule has 0 atom stereocenters. The quantitative estimate of drug-likeness (QED) is 0.670. The highest BCUT2D eigenvalue weighted by atomic mass is 19.4. The molecule has 0 fully saturated rings. The molecular formula is C18H12F3N5O2.